The Labute approximate surface area is 170 Å². The van der Waals surface area contributed by atoms with Crippen LogP contribution in [0.25, 0.3) is 0 Å². The molecule has 6 nitrogen and oxygen atoms in total. The smallest absolute Gasteiger partial charge is 0.387 e. The summed E-state index contributed by atoms with van der Waals surface area (Å²) in [7, 11) is 0. The van der Waals surface area contributed by atoms with Gasteiger partial charge in [-0.15, -0.1) is 0 Å². The number of hydrogen-bond acceptors (Lipinski definition) is 4. The van der Waals surface area contributed by atoms with Gasteiger partial charge in [-0.05, 0) is 44.9 Å². The van der Waals surface area contributed by atoms with E-state index in [1.165, 1.54) is 0 Å². The van der Waals surface area contributed by atoms with E-state index in [0.717, 1.165) is 37.3 Å². The van der Waals surface area contributed by atoms with Crippen molar-refractivity contribution in [2.45, 2.75) is 39.8 Å². The lowest BCUT2D eigenvalue weighted by molar-refractivity contribution is -0.0504. The summed E-state index contributed by atoms with van der Waals surface area (Å²) >= 11 is 0. The van der Waals surface area contributed by atoms with Crippen LogP contribution in [0.5, 0.6) is 5.75 Å². The summed E-state index contributed by atoms with van der Waals surface area (Å²) in [6.45, 7) is 3.58. The molecule has 0 saturated carbocycles. The molecule has 0 aliphatic carbocycles. The van der Waals surface area contributed by atoms with Crippen molar-refractivity contribution in [2.24, 2.45) is 4.99 Å². The van der Waals surface area contributed by atoms with Gasteiger partial charge < -0.3 is 20.7 Å². The number of guanidine groups is 1. The first-order chi connectivity index (χ1) is 14.1. The molecule has 0 amide bonds. The Morgan fingerprint density at radius 1 is 1.14 bits per heavy atom. The Morgan fingerprint density at radius 2 is 1.97 bits per heavy atom. The molecule has 0 saturated heterocycles. The van der Waals surface area contributed by atoms with Crippen LogP contribution in [0.3, 0.4) is 0 Å². The fourth-order valence-corrected chi connectivity index (χ4v) is 2.69. The molecule has 158 valence electrons. The van der Waals surface area contributed by atoms with Gasteiger partial charge >= 0.3 is 6.61 Å². The summed E-state index contributed by atoms with van der Waals surface area (Å²) in [4.78, 5) is 8.72. The number of anilines is 1. The van der Waals surface area contributed by atoms with Crippen LogP contribution >= 0.6 is 0 Å². The van der Waals surface area contributed by atoms with Crippen molar-refractivity contribution in [3.63, 3.8) is 0 Å². The SMILES string of the molecule is CCNC(=NCc1cc(C)ccc1OC(F)F)NCCCCNc1ccccn1. The van der Waals surface area contributed by atoms with Gasteiger partial charge in [0, 0.05) is 31.4 Å². The maximum absolute atomic E-state index is 12.6. The van der Waals surface area contributed by atoms with E-state index in [4.69, 9.17) is 0 Å². The van der Waals surface area contributed by atoms with Gasteiger partial charge in [-0.2, -0.15) is 8.78 Å². The van der Waals surface area contributed by atoms with Crippen LogP contribution in [-0.4, -0.2) is 37.2 Å². The molecule has 1 aromatic heterocycles. The number of alkyl halides is 2. The summed E-state index contributed by atoms with van der Waals surface area (Å²) < 4.78 is 29.8. The molecule has 0 radical (unpaired) electrons. The number of rotatable bonds is 11. The van der Waals surface area contributed by atoms with E-state index in [-0.39, 0.29) is 12.3 Å². The van der Waals surface area contributed by atoms with E-state index in [1.54, 1.807) is 18.3 Å². The number of unbranched alkanes of at least 4 members (excludes halogenated alkanes) is 1. The summed E-state index contributed by atoms with van der Waals surface area (Å²) in [6.07, 6.45) is 3.69. The first-order valence-corrected chi connectivity index (χ1v) is 9.80. The molecule has 0 bridgehead atoms. The number of nitrogens with zero attached hydrogens (tertiary/aromatic N) is 2. The van der Waals surface area contributed by atoms with Gasteiger partial charge in [-0.3, -0.25) is 0 Å². The predicted octanol–water partition coefficient (Wildman–Crippen LogP) is 3.94. The maximum atomic E-state index is 12.6. The summed E-state index contributed by atoms with van der Waals surface area (Å²) in [5.74, 6) is 1.68. The molecule has 0 fully saturated rings. The number of halogens is 2. The molecule has 1 aromatic carbocycles. The van der Waals surface area contributed by atoms with Crippen LogP contribution in [-0.2, 0) is 6.54 Å². The van der Waals surface area contributed by atoms with Crippen molar-refractivity contribution < 1.29 is 13.5 Å². The second kappa shape index (κ2) is 12.5. The zero-order valence-electron chi connectivity index (χ0n) is 16.9. The monoisotopic (exact) mass is 405 g/mol. The first kappa shape index (κ1) is 22.4. The zero-order chi connectivity index (χ0) is 20.9. The van der Waals surface area contributed by atoms with E-state index in [2.05, 4.69) is 30.7 Å². The molecule has 8 heteroatoms. The Kier molecular flexibility index (Phi) is 9.68. The van der Waals surface area contributed by atoms with Crippen molar-refractivity contribution in [3.05, 3.63) is 53.7 Å². The number of ether oxygens (including phenoxy) is 1. The number of pyridine rings is 1. The van der Waals surface area contributed by atoms with Crippen LogP contribution in [0, 0.1) is 6.92 Å². The summed E-state index contributed by atoms with van der Waals surface area (Å²) in [6, 6.07) is 10.9. The molecule has 1 heterocycles. The zero-order valence-corrected chi connectivity index (χ0v) is 16.9. The van der Waals surface area contributed by atoms with Crippen molar-refractivity contribution in [1.29, 1.82) is 0 Å². The number of hydrogen-bond donors (Lipinski definition) is 3. The van der Waals surface area contributed by atoms with Gasteiger partial charge in [0.15, 0.2) is 5.96 Å². The van der Waals surface area contributed by atoms with E-state index < -0.39 is 6.61 Å². The maximum Gasteiger partial charge on any atom is 0.387 e. The Balaban J connectivity index is 1.81. The van der Waals surface area contributed by atoms with Crippen molar-refractivity contribution in [3.8, 4) is 5.75 Å². The molecule has 0 aliphatic heterocycles. The third-order valence-corrected chi connectivity index (χ3v) is 4.05. The normalized spacial score (nSPS) is 11.4. The quantitative estimate of drug-likeness (QED) is 0.300. The molecule has 0 aliphatic rings. The average molecular weight is 405 g/mol. The third kappa shape index (κ3) is 8.76. The van der Waals surface area contributed by atoms with Gasteiger partial charge in [0.2, 0.25) is 0 Å². The Hall–Kier alpha value is -2.90. The van der Waals surface area contributed by atoms with E-state index in [0.29, 0.717) is 18.1 Å². The number of aromatic nitrogens is 1. The van der Waals surface area contributed by atoms with E-state index in [9.17, 15) is 8.78 Å². The predicted molar refractivity (Wildman–Crippen MR) is 113 cm³/mol. The Morgan fingerprint density at radius 3 is 2.69 bits per heavy atom. The lowest BCUT2D eigenvalue weighted by atomic mass is 10.1. The minimum Gasteiger partial charge on any atom is -0.434 e. The Bertz CT molecular complexity index is 756. The summed E-state index contributed by atoms with van der Waals surface area (Å²) in [5, 5.41) is 9.71. The topological polar surface area (TPSA) is 70.6 Å². The number of nitrogens with one attached hydrogen (secondary N) is 3. The highest BCUT2D eigenvalue weighted by Gasteiger charge is 2.10. The van der Waals surface area contributed by atoms with Gasteiger partial charge in [0.25, 0.3) is 0 Å². The fraction of sp³-hybridized carbons (Fsp3) is 0.429. The minimum atomic E-state index is -2.86. The van der Waals surface area contributed by atoms with Crippen molar-refractivity contribution >= 4 is 11.8 Å². The molecule has 3 N–H and O–H groups in total. The van der Waals surface area contributed by atoms with E-state index >= 15 is 0 Å². The molecule has 0 unspecified atom stereocenters. The van der Waals surface area contributed by atoms with Crippen LogP contribution in [0.4, 0.5) is 14.6 Å². The second-order valence-electron chi connectivity index (χ2n) is 6.46. The molecule has 0 atom stereocenters. The highest BCUT2D eigenvalue weighted by molar-refractivity contribution is 5.79. The minimum absolute atomic E-state index is 0.158. The average Bonchev–Trinajstić information content (AvgIpc) is 2.70. The lowest BCUT2D eigenvalue weighted by Crippen LogP contribution is -2.37. The van der Waals surface area contributed by atoms with Gasteiger partial charge in [-0.25, -0.2) is 9.98 Å². The van der Waals surface area contributed by atoms with Crippen LogP contribution in [0.15, 0.2) is 47.6 Å². The molecule has 2 aromatic rings. The van der Waals surface area contributed by atoms with Crippen molar-refractivity contribution in [2.75, 3.05) is 25.0 Å². The third-order valence-electron chi connectivity index (χ3n) is 4.05. The fourth-order valence-electron chi connectivity index (χ4n) is 2.69. The number of aryl methyl sites for hydroxylation is 1. The van der Waals surface area contributed by atoms with Gasteiger partial charge in [0.05, 0.1) is 6.54 Å². The van der Waals surface area contributed by atoms with Gasteiger partial charge in [-0.1, -0.05) is 23.8 Å². The van der Waals surface area contributed by atoms with Crippen LogP contribution < -0.4 is 20.7 Å². The van der Waals surface area contributed by atoms with Crippen molar-refractivity contribution in [1.82, 2.24) is 15.6 Å². The first-order valence-electron chi connectivity index (χ1n) is 9.80. The number of aliphatic imine (C=N–C) groups is 1. The molecular formula is C21H29F2N5O. The molecule has 2 rings (SSSR count). The standard InChI is InChI=1S/C21H29F2N5O/c1-3-24-21(27-13-7-6-12-26-19-8-4-5-11-25-19)28-15-17-14-16(2)9-10-18(17)29-20(22)23/h4-5,8-11,14,20H,3,6-7,12-13,15H2,1-2H3,(H,25,26)(H2,24,27,28). The lowest BCUT2D eigenvalue weighted by Gasteiger charge is -2.13. The van der Waals surface area contributed by atoms with E-state index in [1.807, 2.05) is 38.1 Å². The highest BCUT2D eigenvalue weighted by atomic mass is 19.3. The van der Waals surface area contributed by atoms with Gasteiger partial charge in [0.1, 0.15) is 11.6 Å². The van der Waals surface area contributed by atoms with Crippen LogP contribution in [0.2, 0.25) is 0 Å². The second-order valence-corrected chi connectivity index (χ2v) is 6.46. The molecular weight excluding hydrogens is 376 g/mol. The van der Waals surface area contributed by atoms with Crippen LogP contribution in [0.1, 0.15) is 30.9 Å². The molecule has 29 heavy (non-hydrogen) atoms. The molecule has 0 spiro atoms. The largest absolute Gasteiger partial charge is 0.434 e. The highest BCUT2D eigenvalue weighted by Crippen LogP contribution is 2.22. The number of benzene rings is 1. The summed E-state index contributed by atoms with van der Waals surface area (Å²) in [5.41, 5.74) is 1.59.